The van der Waals surface area contributed by atoms with E-state index in [0.717, 1.165) is 18.8 Å². The maximum absolute atomic E-state index is 5.94. The molecule has 0 aromatic heterocycles. The summed E-state index contributed by atoms with van der Waals surface area (Å²) in [6.45, 7) is 3.99. The van der Waals surface area contributed by atoms with Gasteiger partial charge in [0.05, 0.1) is 0 Å². The summed E-state index contributed by atoms with van der Waals surface area (Å²) in [5.74, 6) is 0.949. The molecule has 0 amide bonds. The highest BCUT2D eigenvalue weighted by atomic mass is 16.5. The van der Waals surface area contributed by atoms with Crippen LogP contribution in [0.25, 0.3) is 0 Å². The Morgan fingerprint density at radius 1 is 1.33 bits per heavy atom. The number of anilines is 1. The molecule has 0 spiro atoms. The van der Waals surface area contributed by atoms with Crippen LogP contribution in [0.4, 0.5) is 5.69 Å². The van der Waals surface area contributed by atoms with Gasteiger partial charge in [-0.2, -0.15) is 0 Å². The van der Waals surface area contributed by atoms with Crippen molar-refractivity contribution in [1.29, 1.82) is 0 Å². The summed E-state index contributed by atoms with van der Waals surface area (Å²) in [7, 11) is 4.07. The smallest absolute Gasteiger partial charge is 0.131 e. The second kappa shape index (κ2) is 3.74. The Morgan fingerprint density at radius 2 is 2.07 bits per heavy atom. The molecule has 0 unspecified atom stereocenters. The zero-order valence-corrected chi connectivity index (χ0v) is 9.58. The normalized spacial score (nSPS) is 18.1. The van der Waals surface area contributed by atoms with Gasteiger partial charge in [0, 0.05) is 38.9 Å². The third-order valence-electron chi connectivity index (χ3n) is 2.70. The first-order chi connectivity index (χ1) is 7.09. The van der Waals surface area contributed by atoms with Crippen LogP contribution in [0.15, 0.2) is 24.3 Å². The summed E-state index contributed by atoms with van der Waals surface area (Å²) in [5, 5.41) is 3.22. The Bertz CT molecular complexity index is 345. The van der Waals surface area contributed by atoms with Gasteiger partial charge in [-0.05, 0) is 19.1 Å². The van der Waals surface area contributed by atoms with Crippen LogP contribution >= 0.6 is 0 Å². The van der Waals surface area contributed by atoms with E-state index in [1.165, 1.54) is 5.69 Å². The highest BCUT2D eigenvalue weighted by Crippen LogP contribution is 2.25. The highest BCUT2D eigenvalue weighted by molar-refractivity contribution is 5.49. The molecule has 3 nitrogen and oxygen atoms in total. The standard InChI is InChI=1S/C12H18N2O/c1-12(8-13-9-12)15-11-6-4-5-10(7-11)14(2)3/h4-7,13H,8-9H2,1-3H3. The van der Waals surface area contributed by atoms with Gasteiger partial charge in [-0.3, -0.25) is 0 Å². The predicted octanol–water partition coefficient (Wildman–Crippen LogP) is 1.49. The van der Waals surface area contributed by atoms with E-state index in [4.69, 9.17) is 4.74 Å². The molecule has 0 atom stereocenters. The molecule has 0 bridgehead atoms. The molecule has 1 aliphatic rings. The average Bonchev–Trinajstić information content (AvgIpc) is 2.16. The van der Waals surface area contributed by atoms with Gasteiger partial charge in [0.25, 0.3) is 0 Å². The van der Waals surface area contributed by atoms with Gasteiger partial charge in [-0.25, -0.2) is 0 Å². The van der Waals surface area contributed by atoms with Gasteiger partial charge in [-0.1, -0.05) is 6.07 Å². The van der Waals surface area contributed by atoms with Gasteiger partial charge in [0.1, 0.15) is 11.4 Å². The van der Waals surface area contributed by atoms with Gasteiger partial charge in [0.15, 0.2) is 0 Å². The van der Waals surface area contributed by atoms with Crippen molar-refractivity contribution in [3.05, 3.63) is 24.3 Å². The van der Waals surface area contributed by atoms with Crippen LogP contribution in [0.5, 0.6) is 5.75 Å². The van der Waals surface area contributed by atoms with E-state index in [2.05, 4.69) is 29.3 Å². The van der Waals surface area contributed by atoms with Crippen molar-refractivity contribution in [2.24, 2.45) is 0 Å². The van der Waals surface area contributed by atoms with Crippen molar-refractivity contribution in [2.75, 3.05) is 32.1 Å². The molecule has 3 heteroatoms. The van der Waals surface area contributed by atoms with Crippen molar-refractivity contribution in [3.8, 4) is 5.75 Å². The summed E-state index contributed by atoms with van der Waals surface area (Å²) in [6, 6.07) is 8.19. The third kappa shape index (κ3) is 2.23. The number of benzene rings is 1. The minimum Gasteiger partial charge on any atom is -0.485 e. The van der Waals surface area contributed by atoms with E-state index in [1.807, 2.05) is 26.2 Å². The van der Waals surface area contributed by atoms with E-state index in [-0.39, 0.29) is 5.60 Å². The van der Waals surface area contributed by atoms with Crippen LogP contribution in [0.3, 0.4) is 0 Å². The van der Waals surface area contributed by atoms with Gasteiger partial charge in [-0.15, -0.1) is 0 Å². The summed E-state index contributed by atoms with van der Waals surface area (Å²) < 4.78 is 5.94. The summed E-state index contributed by atoms with van der Waals surface area (Å²) in [5.41, 5.74) is 1.15. The third-order valence-corrected chi connectivity index (χ3v) is 2.70. The molecule has 0 saturated carbocycles. The molecule has 0 aliphatic carbocycles. The molecule has 1 aliphatic heterocycles. The van der Waals surface area contributed by atoms with E-state index >= 15 is 0 Å². The second-order valence-electron chi connectivity index (χ2n) is 4.55. The minimum atomic E-state index is -0.0229. The molecule has 1 fully saturated rings. The molecule has 82 valence electrons. The van der Waals surface area contributed by atoms with Gasteiger partial charge < -0.3 is 15.0 Å². The Morgan fingerprint density at radius 3 is 2.60 bits per heavy atom. The molecular weight excluding hydrogens is 188 g/mol. The van der Waals surface area contributed by atoms with Crippen LogP contribution in [0.1, 0.15) is 6.92 Å². The fourth-order valence-electron chi connectivity index (χ4n) is 1.66. The quantitative estimate of drug-likeness (QED) is 0.811. The van der Waals surface area contributed by atoms with E-state index in [9.17, 15) is 0 Å². The number of ether oxygens (including phenoxy) is 1. The molecule has 1 saturated heterocycles. The zero-order valence-electron chi connectivity index (χ0n) is 9.58. The van der Waals surface area contributed by atoms with Crippen LogP contribution in [-0.2, 0) is 0 Å². The Labute approximate surface area is 91.0 Å². The molecule has 0 radical (unpaired) electrons. The van der Waals surface area contributed by atoms with Crippen molar-refractivity contribution >= 4 is 5.69 Å². The monoisotopic (exact) mass is 206 g/mol. The lowest BCUT2D eigenvalue weighted by molar-refractivity contribution is 0.0349. The summed E-state index contributed by atoms with van der Waals surface area (Å²) in [4.78, 5) is 2.08. The lowest BCUT2D eigenvalue weighted by atomic mass is 10.00. The predicted molar refractivity (Wildman–Crippen MR) is 62.7 cm³/mol. The average molecular weight is 206 g/mol. The molecular formula is C12H18N2O. The van der Waals surface area contributed by atoms with Crippen molar-refractivity contribution in [1.82, 2.24) is 5.32 Å². The first kappa shape index (κ1) is 10.3. The Hall–Kier alpha value is -1.22. The second-order valence-corrected chi connectivity index (χ2v) is 4.55. The van der Waals surface area contributed by atoms with Crippen LogP contribution < -0.4 is 15.0 Å². The fourth-order valence-corrected chi connectivity index (χ4v) is 1.66. The van der Waals surface area contributed by atoms with Crippen LogP contribution in [0.2, 0.25) is 0 Å². The molecule has 15 heavy (non-hydrogen) atoms. The number of nitrogens with one attached hydrogen (secondary N) is 1. The molecule has 2 rings (SSSR count). The zero-order chi connectivity index (χ0) is 10.9. The van der Waals surface area contributed by atoms with Crippen LogP contribution in [-0.4, -0.2) is 32.8 Å². The summed E-state index contributed by atoms with van der Waals surface area (Å²) in [6.07, 6.45) is 0. The molecule has 1 N–H and O–H groups in total. The summed E-state index contributed by atoms with van der Waals surface area (Å²) >= 11 is 0. The van der Waals surface area contributed by atoms with Gasteiger partial charge >= 0.3 is 0 Å². The Kier molecular flexibility index (Phi) is 2.57. The number of nitrogens with zero attached hydrogens (tertiary/aromatic N) is 1. The number of hydrogen-bond acceptors (Lipinski definition) is 3. The first-order valence-corrected chi connectivity index (χ1v) is 5.26. The van der Waals surface area contributed by atoms with E-state index in [1.54, 1.807) is 0 Å². The fraction of sp³-hybridized carbons (Fsp3) is 0.500. The lowest BCUT2D eigenvalue weighted by Crippen LogP contribution is -2.61. The van der Waals surface area contributed by atoms with E-state index < -0.39 is 0 Å². The van der Waals surface area contributed by atoms with Crippen molar-refractivity contribution < 1.29 is 4.74 Å². The first-order valence-electron chi connectivity index (χ1n) is 5.26. The molecule has 1 aromatic rings. The maximum atomic E-state index is 5.94. The topological polar surface area (TPSA) is 24.5 Å². The van der Waals surface area contributed by atoms with Crippen molar-refractivity contribution in [3.63, 3.8) is 0 Å². The van der Waals surface area contributed by atoms with Crippen LogP contribution in [0, 0.1) is 0 Å². The maximum Gasteiger partial charge on any atom is 0.131 e. The highest BCUT2D eigenvalue weighted by Gasteiger charge is 2.33. The van der Waals surface area contributed by atoms with E-state index in [0.29, 0.717) is 0 Å². The van der Waals surface area contributed by atoms with Crippen molar-refractivity contribution in [2.45, 2.75) is 12.5 Å². The minimum absolute atomic E-state index is 0.0229. The number of rotatable bonds is 3. The Balaban J connectivity index is 2.11. The number of hydrogen-bond donors (Lipinski definition) is 1. The SMILES string of the molecule is CN(C)c1cccc(OC2(C)CNC2)c1. The lowest BCUT2D eigenvalue weighted by Gasteiger charge is -2.39. The largest absolute Gasteiger partial charge is 0.485 e. The van der Waals surface area contributed by atoms with Gasteiger partial charge in [0.2, 0.25) is 0 Å². The molecule has 1 aromatic carbocycles. The molecule has 1 heterocycles.